The normalized spacial score (nSPS) is 11.8. The summed E-state index contributed by atoms with van der Waals surface area (Å²) in [6.07, 6.45) is 0. The number of para-hydroxylation sites is 1. The summed E-state index contributed by atoms with van der Waals surface area (Å²) in [5.74, 6) is 0. The molecule has 0 aliphatic rings. The van der Waals surface area contributed by atoms with Crippen molar-refractivity contribution in [2.45, 2.75) is 0 Å². The Balaban J connectivity index is 1.04. The van der Waals surface area contributed by atoms with Gasteiger partial charge in [-0.2, -0.15) is 0 Å². The summed E-state index contributed by atoms with van der Waals surface area (Å²) < 4.78 is 0. The summed E-state index contributed by atoms with van der Waals surface area (Å²) in [5, 5.41) is 14.4. The Morgan fingerprint density at radius 3 is 1.36 bits per heavy atom. The first-order chi connectivity index (χ1) is 31.7. The summed E-state index contributed by atoms with van der Waals surface area (Å²) in [4.78, 5) is 10.4. The highest BCUT2D eigenvalue weighted by Crippen LogP contribution is 2.47. The van der Waals surface area contributed by atoms with Crippen molar-refractivity contribution in [1.29, 1.82) is 0 Å². The van der Waals surface area contributed by atoms with Gasteiger partial charge >= 0.3 is 0 Å². The van der Waals surface area contributed by atoms with Crippen LogP contribution >= 0.6 is 0 Å². The molecule has 0 unspecified atom stereocenters. The summed E-state index contributed by atoms with van der Waals surface area (Å²) in [6.45, 7) is 0. The van der Waals surface area contributed by atoms with E-state index in [2.05, 4.69) is 231 Å². The number of hydrogen-bond acceptors (Lipinski definition) is 2. The second-order valence-electron chi connectivity index (χ2n) is 16.9. The highest BCUT2D eigenvalue weighted by atomic mass is 14.7. The third kappa shape index (κ3) is 6.03. The van der Waals surface area contributed by atoms with E-state index in [9.17, 15) is 0 Å². The Morgan fingerprint density at radius 1 is 0.219 bits per heavy atom. The predicted octanol–water partition coefficient (Wildman–Crippen LogP) is 16.9. The maximum absolute atomic E-state index is 5.20. The van der Waals surface area contributed by atoms with Crippen molar-refractivity contribution in [3.05, 3.63) is 231 Å². The van der Waals surface area contributed by atoms with Crippen LogP contribution in [0.3, 0.4) is 0 Å². The van der Waals surface area contributed by atoms with Crippen molar-refractivity contribution >= 4 is 75.7 Å². The van der Waals surface area contributed by atoms with E-state index in [1.807, 2.05) is 0 Å². The summed E-state index contributed by atoms with van der Waals surface area (Å²) in [7, 11) is 0. The van der Waals surface area contributed by atoms with Gasteiger partial charge in [0, 0.05) is 27.3 Å². The molecular weight excluding hydrogens is 773 g/mol. The quantitative estimate of drug-likeness (QED) is 0.128. The summed E-state index contributed by atoms with van der Waals surface area (Å²) >= 11 is 0. The van der Waals surface area contributed by atoms with Gasteiger partial charge in [0.2, 0.25) is 0 Å². The van der Waals surface area contributed by atoms with Gasteiger partial charge < -0.3 is 0 Å². The number of pyridine rings is 2. The maximum Gasteiger partial charge on any atom is 0.0787 e. The maximum atomic E-state index is 5.20. The minimum absolute atomic E-state index is 0.962. The zero-order chi connectivity index (χ0) is 42.1. The van der Waals surface area contributed by atoms with Gasteiger partial charge in [-0.15, -0.1) is 0 Å². The minimum Gasteiger partial charge on any atom is -0.248 e. The molecule has 0 fully saturated rings. The van der Waals surface area contributed by atoms with Crippen LogP contribution in [0.1, 0.15) is 0 Å². The standard InChI is InChI=1S/C62H38N2/c1-3-13-46-35-50(25-19-39(46)9-1)60-54-32-28-49(59-33-29-43-12-6-8-16-57(43)63-59)38-56(54)61(51-26-20-40-10-2-4-14-47(40)36-51)53-31-27-48(37-55(53)60)41-17-22-44(23-18-41)58-34-30-45-24-21-42-11-5-7-15-52(42)62(45)64-58/h1-38H. The first-order valence-electron chi connectivity index (χ1n) is 22.0. The molecule has 0 spiro atoms. The smallest absolute Gasteiger partial charge is 0.0787 e. The second kappa shape index (κ2) is 14.6. The largest absolute Gasteiger partial charge is 0.248 e. The fourth-order valence-electron chi connectivity index (χ4n) is 9.96. The molecule has 296 valence electrons. The molecule has 2 heteroatoms. The molecule has 0 saturated heterocycles. The number of fused-ring (bicyclic) bond motifs is 8. The van der Waals surface area contributed by atoms with E-state index in [0.29, 0.717) is 0 Å². The van der Waals surface area contributed by atoms with Gasteiger partial charge in [-0.25, -0.2) is 9.97 Å². The van der Waals surface area contributed by atoms with Crippen LogP contribution in [-0.2, 0) is 0 Å². The molecule has 2 nitrogen and oxygen atoms in total. The van der Waals surface area contributed by atoms with Crippen LogP contribution in [0, 0.1) is 0 Å². The Kier molecular flexibility index (Phi) is 8.25. The third-order valence-corrected chi connectivity index (χ3v) is 13.2. The average molecular weight is 811 g/mol. The Labute approximate surface area is 370 Å². The van der Waals surface area contributed by atoms with Crippen molar-refractivity contribution in [2.24, 2.45) is 0 Å². The number of rotatable bonds is 5. The SMILES string of the molecule is c1ccc2cc(-c3c4ccc(-c5ccc6ccccc6n5)cc4c(-c4ccc5ccccc5c4)c4ccc(-c5ccc(-c6ccc7ccc8ccccc8c7n6)cc5)cc34)ccc2c1. The topological polar surface area (TPSA) is 25.8 Å². The van der Waals surface area contributed by atoms with Crippen LogP contribution in [0.4, 0.5) is 0 Å². The van der Waals surface area contributed by atoms with Crippen molar-refractivity contribution in [1.82, 2.24) is 9.97 Å². The first-order valence-corrected chi connectivity index (χ1v) is 22.0. The lowest BCUT2D eigenvalue weighted by Gasteiger charge is -2.20. The van der Waals surface area contributed by atoms with Crippen LogP contribution in [-0.4, -0.2) is 9.97 Å². The first kappa shape index (κ1) is 36.2. The lowest BCUT2D eigenvalue weighted by Crippen LogP contribution is -1.94. The van der Waals surface area contributed by atoms with E-state index in [1.165, 1.54) is 81.7 Å². The molecule has 11 aromatic carbocycles. The number of nitrogens with zero attached hydrogens (tertiary/aromatic N) is 2. The molecule has 0 bridgehead atoms. The fraction of sp³-hybridized carbons (Fsp3) is 0. The second-order valence-corrected chi connectivity index (χ2v) is 16.9. The van der Waals surface area contributed by atoms with Gasteiger partial charge in [0.15, 0.2) is 0 Å². The number of aromatic nitrogens is 2. The molecule has 13 rings (SSSR count). The van der Waals surface area contributed by atoms with Gasteiger partial charge in [0.05, 0.1) is 22.4 Å². The van der Waals surface area contributed by atoms with Crippen LogP contribution in [0.15, 0.2) is 231 Å². The van der Waals surface area contributed by atoms with Crippen LogP contribution in [0.2, 0.25) is 0 Å². The van der Waals surface area contributed by atoms with Crippen LogP contribution in [0.25, 0.3) is 132 Å². The van der Waals surface area contributed by atoms with Gasteiger partial charge in [-0.1, -0.05) is 188 Å². The molecule has 2 heterocycles. The zero-order valence-electron chi connectivity index (χ0n) is 34.8. The third-order valence-electron chi connectivity index (χ3n) is 13.2. The summed E-state index contributed by atoms with van der Waals surface area (Å²) in [6, 6.07) is 83.9. The van der Waals surface area contributed by atoms with Crippen molar-refractivity contribution in [3.63, 3.8) is 0 Å². The van der Waals surface area contributed by atoms with Crippen LogP contribution < -0.4 is 0 Å². The monoisotopic (exact) mass is 810 g/mol. The van der Waals surface area contributed by atoms with Crippen molar-refractivity contribution in [2.75, 3.05) is 0 Å². The minimum atomic E-state index is 0.962. The van der Waals surface area contributed by atoms with E-state index in [0.717, 1.165) is 49.9 Å². The molecule has 0 aliphatic carbocycles. The molecule has 13 aromatic rings. The molecule has 0 amide bonds. The molecule has 0 atom stereocenters. The summed E-state index contributed by atoms with van der Waals surface area (Å²) in [5.41, 5.74) is 13.3. The van der Waals surface area contributed by atoms with Gasteiger partial charge in [0.25, 0.3) is 0 Å². The molecule has 0 radical (unpaired) electrons. The van der Waals surface area contributed by atoms with E-state index in [-0.39, 0.29) is 0 Å². The van der Waals surface area contributed by atoms with Crippen LogP contribution in [0.5, 0.6) is 0 Å². The fourth-order valence-corrected chi connectivity index (χ4v) is 9.96. The van der Waals surface area contributed by atoms with Crippen molar-refractivity contribution in [3.8, 4) is 55.9 Å². The molecule has 0 N–H and O–H groups in total. The van der Waals surface area contributed by atoms with Gasteiger partial charge in [0.1, 0.15) is 0 Å². The average Bonchev–Trinajstić information content (AvgIpc) is 3.37. The Bertz CT molecular complexity index is 4010. The molecule has 2 aromatic heterocycles. The van der Waals surface area contributed by atoms with E-state index in [4.69, 9.17) is 9.97 Å². The van der Waals surface area contributed by atoms with E-state index < -0.39 is 0 Å². The number of hydrogen-bond donors (Lipinski definition) is 0. The number of benzene rings is 11. The molecule has 0 aliphatic heterocycles. The lowest BCUT2D eigenvalue weighted by molar-refractivity contribution is 1.40. The Morgan fingerprint density at radius 2 is 0.672 bits per heavy atom. The van der Waals surface area contributed by atoms with Crippen molar-refractivity contribution < 1.29 is 0 Å². The van der Waals surface area contributed by atoms with E-state index in [1.54, 1.807) is 0 Å². The lowest BCUT2D eigenvalue weighted by atomic mass is 9.83. The predicted molar refractivity (Wildman–Crippen MR) is 272 cm³/mol. The molecule has 0 saturated carbocycles. The highest BCUT2D eigenvalue weighted by Gasteiger charge is 2.20. The van der Waals surface area contributed by atoms with Gasteiger partial charge in [-0.05, 0) is 124 Å². The zero-order valence-corrected chi connectivity index (χ0v) is 34.8. The molecule has 64 heavy (non-hydrogen) atoms. The Hall–Kier alpha value is -8.46. The van der Waals surface area contributed by atoms with Gasteiger partial charge in [-0.3, -0.25) is 0 Å². The molecular formula is C62H38N2. The van der Waals surface area contributed by atoms with E-state index >= 15 is 0 Å². The highest BCUT2D eigenvalue weighted by molar-refractivity contribution is 6.23.